The van der Waals surface area contributed by atoms with Crippen molar-refractivity contribution in [1.82, 2.24) is 4.90 Å². The molecule has 2 aliphatic rings. The topological polar surface area (TPSA) is 43.9 Å². The third-order valence-electron chi connectivity index (χ3n) is 5.66. The van der Waals surface area contributed by atoms with Crippen LogP contribution in [0.15, 0.2) is 42.5 Å². The highest BCUT2D eigenvalue weighted by Gasteiger charge is 2.43. The molecule has 1 unspecified atom stereocenters. The van der Waals surface area contributed by atoms with E-state index in [0.717, 1.165) is 11.1 Å². The van der Waals surface area contributed by atoms with Crippen LogP contribution in [0, 0.1) is 19.7 Å². The van der Waals surface area contributed by atoms with Crippen LogP contribution >= 0.6 is 0 Å². The molecule has 0 aromatic heterocycles. The summed E-state index contributed by atoms with van der Waals surface area (Å²) in [6, 6.07) is 12.1. The summed E-state index contributed by atoms with van der Waals surface area (Å²) in [5.74, 6) is -0.543. The van der Waals surface area contributed by atoms with Gasteiger partial charge in [-0.05, 0) is 37.6 Å². The number of para-hydroxylation sites is 1. The van der Waals surface area contributed by atoms with Gasteiger partial charge in [-0.25, -0.2) is 9.29 Å². The van der Waals surface area contributed by atoms with Crippen molar-refractivity contribution in [3.8, 4) is 0 Å². The van der Waals surface area contributed by atoms with Crippen LogP contribution in [-0.4, -0.2) is 48.9 Å². The van der Waals surface area contributed by atoms with Gasteiger partial charge < -0.3 is 4.90 Å². The monoisotopic (exact) mass is 381 g/mol. The first kappa shape index (κ1) is 18.6. The normalized spacial score (nSPS) is 20.9. The second kappa shape index (κ2) is 7.36. The molecule has 28 heavy (non-hydrogen) atoms. The zero-order valence-electron chi connectivity index (χ0n) is 16.2. The molecule has 0 N–H and O–H groups in total. The van der Waals surface area contributed by atoms with E-state index >= 15 is 0 Å². The third kappa shape index (κ3) is 3.29. The molecule has 0 saturated carbocycles. The van der Waals surface area contributed by atoms with Gasteiger partial charge in [-0.15, -0.1) is 0 Å². The zero-order valence-corrected chi connectivity index (χ0v) is 16.2. The lowest BCUT2D eigenvalue weighted by Crippen LogP contribution is -2.52. The van der Waals surface area contributed by atoms with Gasteiger partial charge in [0.15, 0.2) is 0 Å². The van der Waals surface area contributed by atoms with Crippen LogP contribution in [0.1, 0.15) is 17.5 Å². The first-order chi connectivity index (χ1) is 13.5. The highest BCUT2D eigenvalue weighted by Crippen LogP contribution is 2.30. The molecule has 146 valence electrons. The number of piperazine rings is 1. The number of imide groups is 1. The van der Waals surface area contributed by atoms with Crippen LogP contribution in [0.2, 0.25) is 0 Å². The maximum atomic E-state index is 14.0. The number of amides is 2. The molecular weight excluding hydrogens is 357 g/mol. The van der Waals surface area contributed by atoms with E-state index in [2.05, 4.69) is 4.90 Å². The SMILES string of the molecule is Cc1ccc(N2C(=O)CC(N3CCN(c4ccccc4F)CC3)C2=O)c(C)c1. The van der Waals surface area contributed by atoms with Crippen molar-refractivity contribution in [3.63, 3.8) is 0 Å². The highest BCUT2D eigenvalue weighted by atomic mass is 19.1. The number of anilines is 2. The maximum absolute atomic E-state index is 14.0. The Labute approximate surface area is 164 Å². The summed E-state index contributed by atoms with van der Waals surface area (Å²) >= 11 is 0. The Morgan fingerprint density at radius 2 is 1.64 bits per heavy atom. The number of carbonyl (C=O) groups excluding carboxylic acids is 2. The molecule has 2 aromatic rings. The molecule has 6 heteroatoms. The Kier molecular flexibility index (Phi) is 4.89. The lowest BCUT2D eigenvalue weighted by atomic mass is 10.1. The van der Waals surface area contributed by atoms with Gasteiger partial charge in [-0.1, -0.05) is 29.8 Å². The summed E-state index contributed by atoms with van der Waals surface area (Å²) in [6.45, 7) is 6.41. The van der Waals surface area contributed by atoms with E-state index in [-0.39, 0.29) is 24.1 Å². The smallest absolute Gasteiger partial charge is 0.251 e. The number of nitrogens with zero attached hydrogens (tertiary/aromatic N) is 3. The van der Waals surface area contributed by atoms with Crippen LogP contribution in [0.4, 0.5) is 15.8 Å². The van der Waals surface area contributed by atoms with Gasteiger partial charge in [0, 0.05) is 26.2 Å². The standard InChI is InChI=1S/C22H24FN3O2/c1-15-7-8-18(16(2)13-15)26-21(27)14-20(22(26)28)25-11-9-24(10-12-25)19-6-4-3-5-17(19)23/h3-8,13,20H,9-12,14H2,1-2H3. The molecule has 2 heterocycles. The Bertz CT molecular complexity index is 922. The van der Waals surface area contributed by atoms with E-state index in [0.29, 0.717) is 37.6 Å². The van der Waals surface area contributed by atoms with Crippen LogP contribution in [0.5, 0.6) is 0 Å². The van der Waals surface area contributed by atoms with E-state index in [1.165, 1.54) is 11.0 Å². The Hall–Kier alpha value is -2.73. The van der Waals surface area contributed by atoms with Crippen molar-refractivity contribution in [2.75, 3.05) is 36.0 Å². The number of hydrogen-bond acceptors (Lipinski definition) is 4. The predicted octanol–water partition coefficient (Wildman–Crippen LogP) is 2.90. The van der Waals surface area contributed by atoms with Gasteiger partial charge in [0.2, 0.25) is 5.91 Å². The molecule has 2 aromatic carbocycles. The number of rotatable bonds is 3. The van der Waals surface area contributed by atoms with Gasteiger partial charge in [0.05, 0.1) is 23.8 Å². The van der Waals surface area contributed by atoms with E-state index < -0.39 is 6.04 Å². The van der Waals surface area contributed by atoms with Crippen LogP contribution < -0.4 is 9.80 Å². The van der Waals surface area contributed by atoms with Gasteiger partial charge in [-0.2, -0.15) is 0 Å². The molecule has 4 rings (SSSR count). The fraction of sp³-hybridized carbons (Fsp3) is 0.364. The molecule has 2 saturated heterocycles. The van der Waals surface area contributed by atoms with Gasteiger partial charge in [0.25, 0.3) is 5.91 Å². The minimum atomic E-state index is -0.434. The minimum absolute atomic E-state index is 0.154. The van der Waals surface area contributed by atoms with Crippen molar-refractivity contribution in [3.05, 3.63) is 59.4 Å². The fourth-order valence-electron chi connectivity index (χ4n) is 4.19. The number of carbonyl (C=O) groups is 2. The molecule has 0 aliphatic carbocycles. The van der Waals surface area contributed by atoms with Crippen molar-refractivity contribution >= 4 is 23.2 Å². The van der Waals surface area contributed by atoms with Gasteiger partial charge in [-0.3, -0.25) is 14.5 Å². The maximum Gasteiger partial charge on any atom is 0.251 e. The quantitative estimate of drug-likeness (QED) is 0.767. The number of halogens is 1. The second-order valence-corrected chi connectivity index (χ2v) is 7.55. The summed E-state index contributed by atoms with van der Waals surface area (Å²) in [5.41, 5.74) is 3.29. The molecule has 5 nitrogen and oxygen atoms in total. The molecule has 1 atom stereocenters. The van der Waals surface area contributed by atoms with Crippen molar-refractivity contribution in [2.45, 2.75) is 26.3 Å². The van der Waals surface area contributed by atoms with Crippen molar-refractivity contribution in [2.24, 2.45) is 0 Å². The van der Waals surface area contributed by atoms with Crippen LogP contribution in [0.3, 0.4) is 0 Å². The molecule has 0 radical (unpaired) electrons. The molecule has 0 spiro atoms. The summed E-state index contributed by atoms with van der Waals surface area (Å²) in [4.78, 5) is 31.1. The van der Waals surface area contributed by atoms with Crippen molar-refractivity contribution < 1.29 is 14.0 Å². The minimum Gasteiger partial charge on any atom is -0.367 e. The first-order valence-electron chi connectivity index (χ1n) is 9.63. The second-order valence-electron chi connectivity index (χ2n) is 7.55. The predicted molar refractivity (Wildman–Crippen MR) is 107 cm³/mol. The van der Waals surface area contributed by atoms with Gasteiger partial charge >= 0.3 is 0 Å². The molecule has 2 amide bonds. The first-order valence-corrected chi connectivity index (χ1v) is 9.63. The van der Waals surface area contributed by atoms with E-state index in [9.17, 15) is 14.0 Å². The van der Waals surface area contributed by atoms with E-state index in [1.807, 2.05) is 43.0 Å². The molecule has 0 bridgehead atoms. The largest absolute Gasteiger partial charge is 0.367 e. The Morgan fingerprint density at radius 1 is 0.929 bits per heavy atom. The Balaban J connectivity index is 1.47. The van der Waals surface area contributed by atoms with E-state index in [4.69, 9.17) is 0 Å². The number of aryl methyl sites for hydroxylation is 2. The summed E-state index contributed by atoms with van der Waals surface area (Å²) < 4.78 is 14.0. The summed E-state index contributed by atoms with van der Waals surface area (Å²) in [5, 5.41) is 0. The lowest BCUT2D eigenvalue weighted by molar-refractivity contribution is -0.123. The summed E-state index contributed by atoms with van der Waals surface area (Å²) in [7, 11) is 0. The number of hydrogen-bond donors (Lipinski definition) is 0. The van der Waals surface area contributed by atoms with Crippen LogP contribution in [0.25, 0.3) is 0 Å². The zero-order chi connectivity index (χ0) is 19.8. The molecule has 2 fully saturated rings. The summed E-state index contributed by atoms with van der Waals surface area (Å²) in [6.07, 6.45) is 0.200. The highest BCUT2D eigenvalue weighted by molar-refractivity contribution is 6.22. The third-order valence-corrected chi connectivity index (χ3v) is 5.66. The Morgan fingerprint density at radius 3 is 2.32 bits per heavy atom. The average molecular weight is 381 g/mol. The van der Waals surface area contributed by atoms with Crippen LogP contribution in [-0.2, 0) is 9.59 Å². The molecular formula is C22H24FN3O2. The van der Waals surface area contributed by atoms with Crippen molar-refractivity contribution in [1.29, 1.82) is 0 Å². The fourth-order valence-corrected chi connectivity index (χ4v) is 4.19. The number of benzene rings is 2. The van der Waals surface area contributed by atoms with Gasteiger partial charge in [0.1, 0.15) is 5.82 Å². The van der Waals surface area contributed by atoms with E-state index in [1.54, 1.807) is 12.1 Å². The average Bonchev–Trinajstić information content (AvgIpc) is 2.97. The lowest BCUT2D eigenvalue weighted by Gasteiger charge is -2.38. The molecule has 2 aliphatic heterocycles.